The molecule has 0 aromatic carbocycles. The van der Waals surface area contributed by atoms with Crippen LogP contribution in [0, 0.1) is 5.92 Å². The Labute approximate surface area is 123 Å². The van der Waals surface area contributed by atoms with Crippen LogP contribution in [0.4, 0.5) is 5.82 Å². The monoisotopic (exact) mass is 276 g/mol. The zero-order valence-electron chi connectivity index (χ0n) is 13.5. The summed E-state index contributed by atoms with van der Waals surface area (Å²) in [6.45, 7) is 12.1. The second-order valence-electron chi connectivity index (χ2n) is 7.40. The highest BCUT2D eigenvalue weighted by atomic mass is 16.3. The molecule has 0 saturated heterocycles. The second-order valence-corrected chi connectivity index (χ2v) is 7.40. The third-order valence-corrected chi connectivity index (χ3v) is 3.67. The molecule has 112 valence electrons. The van der Waals surface area contributed by atoms with Crippen LogP contribution >= 0.6 is 0 Å². The molecule has 0 amide bonds. The Bertz CT molecular complexity index is 459. The number of aliphatic hydroxyl groups excluding tert-OH is 1. The Hall–Kier alpha value is -1.09. The number of rotatable bonds is 5. The molecule has 1 fully saturated rings. The van der Waals surface area contributed by atoms with Crippen molar-refractivity contribution in [1.82, 2.24) is 4.98 Å². The first kappa shape index (κ1) is 15.3. The van der Waals surface area contributed by atoms with Gasteiger partial charge in [-0.2, -0.15) is 0 Å². The average Bonchev–Trinajstić information content (AvgIpc) is 3.18. The highest BCUT2D eigenvalue weighted by Gasteiger charge is 2.31. The predicted molar refractivity (Wildman–Crippen MR) is 84.1 cm³/mol. The number of anilines is 1. The zero-order chi connectivity index (χ0) is 14.9. The topological polar surface area (TPSA) is 36.4 Å². The lowest BCUT2D eigenvalue weighted by molar-refractivity contribution is 0.281. The lowest BCUT2D eigenvalue weighted by Crippen LogP contribution is -2.31. The molecule has 0 unspecified atom stereocenters. The summed E-state index contributed by atoms with van der Waals surface area (Å²) in [4.78, 5) is 7.31. The van der Waals surface area contributed by atoms with Crippen molar-refractivity contribution >= 4 is 5.82 Å². The molecule has 0 radical (unpaired) electrons. The zero-order valence-corrected chi connectivity index (χ0v) is 13.5. The molecule has 0 spiro atoms. The largest absolute Gasteiger partial charge is 0.392 e. The number of pyridine rings is 1. The van der Waals surface area contributed by atoms with Crippen LogP contribution in [0.2, 0.25) is 0 Å². The molecular formula is C17H28N2O. The van der Waals surface area contributed by atoms with Gasteiger partial charge in [0.2, 0.25) is 0 Å². The van der Waals surface area contributed by atoms with Crippen molar-refractivity contribution in [2.45, 2.75) is 65.5 Å². The van der Waals surface area contributed by atoms with Gasteiger partial charge in [-0.25, -0.2) is 4.98 Å². The summed E-state index contributed by atoms with van der Waals surface area (Å²) in [6, 6.07) is 4.73. The molecule has 0 bridgehead atoms. The Morgan fingerprint density at radius 2 is 1.95 bits per heavy atom. The summed E-state index contributed by atoms with van der Waals surface area (Å²) < 4.78 is 0. The molecule has 3 nitrogen and oxygen atoms in total. The molecule has 1 aromatic rings. The van der Waals surface area contributed by atoms with Crippen molar-refractivity contribution in [2.24, 2.45) is 5.92 Å². The SMILES string of the molecule is CC(C)CN(c1cc(CO)cc(C(C)(C)C)n1)C1CC1. The van der Waals surface area contributed by atoms with Crippen molar-refractivity contribution in [3.05, 3.63) is 23.4 Å². The molecule has 1 aliphatic carbocycles. The van der Waals surface area contributed by atoms with Crippen LogP contribution in [0.15, 0.2) is 12.1 Å². The van der Waals surface area contributed by atoms with Crippen LogP contribution in [-0.4, -0.2) is 22.7 Å². The van der Waals surface area contributed by atoms with Crippen molar-refractivity contribution < 1.29 is 5.11 Å². The van der Waals surface area contributed by atoms with Gasteiger partial charge in [0.05, 0.1) is 6.61 Å². The van der Waals surface area contributed by atoms with Gasteiger partial charge in [-0.15, -0.1) is 0 Å². The van der Waals surface area contributed by atoms with E-state index >= 15 is 0 Å². The molecule has 1 N–H and O–H groups in total. The maximum absolute atomic E-state index is 9.52. The Balaban J connectivity index is 2.37. The summed E-state index contributed by atoms with van der Waals surface area (Å²) in [6.07, 6.45) is 2.53. The smallest absolute Gasteiger partial charge is 0.129 e. The van der Waals surface area contributed by atoms with E-state index in [9.17, 15) is 5.11 Å². The molecule has 3 heteroatoms. The fourth-order valence-corrected chi connectivity index (χ4v) is 2.40. The van der Waals surface area contributed by atoms with Crippen LogP contribution in [0.5, 0.6) is 0 Å². The molecule has 1 heterocycles. The molecule has 2 rings (SSSR count). The van der Waals surface area contributed by atoms with Crippen LogP contribution in [0.25, 0.3) is 0 Å². The number of hydrogen-bond donors (Lipinski definition) is 1. The maximum Gasteiger partial charge on any atom is 0.129 e. The Morgan fingerprint density at radius 3 is 2.40 bits per heavy atom. The second kappa shape index (κ2) is 5.72. The standard InChI is InChI=1S/C17H28N2O/c1-12(2)10-19(14-6-7-14)16-9-13(11-20)8-15(18-16)17(3,4)5/h8-9,12,14,20H,6-7,10-11H2,1-5H3. The van der Waals surface area contributed by atoms with Gasteiger partial charge in [0.1, 0.15) is 5.82 Å². The van der Waals surface area contributed by atoms with Gasteiger partial charge >= 0.3 is 0 Å². The Morgan fingerprint density at radius 1 is 1.30 bits per heavy atom. The van der Waals surface area contributed by atoms with Crippen molar-refractivity contribution in [3.63, 3.8) is 0 Å². The highest BCUT2D eigenvalue weighted by molar-refractivity contribution is 5.46. The fraction of sp³-hybridized carbons (Fsp3) is 0.706. The maximum atomic E-state index is 9.52. The van der Waals surface area contributed by atoms with Crippen LogP contribution in [0.1, 0.15) is 58.7 Å². The van der Waals surface area contributed by atoms with E-state index in [1.54, 1.807) is 0 Å². The molecule has 1 aliphatic rings. The summed E-state index contributed by atoms with van der Waals surface area (Å²) >= 11 is 0. The minimum atomic E-state index is 0.00693. The average molecular weight is 276 g/mol. The van der Waals surface area contributed by atoms with Crippen molar-refractivity contribution in [2.75, 3.05) is 11.4 Å². The lowest BCUT2D eigenvalue weighted by atomic mass is 9.90. The number of nitrogens with zero attached hydrogens (tertiary/aromatic N) is 2. The summed E-state index contributed by atoms with van der Waals surface area (Å²) in [7, 11) is 0. The van der Waals surface area contributed by atoms with Crippen molar-refractivity contribution in [3.8, 4) is 0 Å². The van der Waals surface area contributed by atoms with Crippen molar-refractivity contribution in [1.29, 1.82) is 0 Å². The van der Waals surface area contributed by atoms with E-state index in [0.29, 0.717) is 12.0 Å². The van der Waals surface area contributed by atoms with Gasteiger partial charge in [0.15, 0.2) is 0 Å². The molecule has 20 heavy (non-hydrogen) atoms. The van der Waals surface area contributed by atoms with E-state index < -0.39 is 0 Å². The van der Waals surface area contributed by atoms with Gasteiger partial charge < -0.3 is 10.0 Å². The van der Waals surface area contributed by atoms with E-state index in [0.717, 1.165) is 23.6 Å². The van der Waals surface area contributed by atoms with Gasteiger partial charge in [0.25, 0.3) is 0 Å². The third-order valence-electron chi connectivity index (χ3n) is 3.67. The first-order chi connectivity index (χ1) is 9.31. The first-order valence-corrected chi connectivity index (χ1v) is 7.70. The molecular weight excluding hydrogens is 248 g/mol. The molecule has 0 aliphatic heterocycles. The summed E-state index contributed by atoms with van der Waals surface area (Å²) in [5.74, 6) is 1.66. The normalized spacial score (nSPS) is 15.8. The highest BCUT2D eigenvalue weighted by Crippen LogP contribution is 2.33. The van der Waals surface area contributed by atoms with Crippen LogP contribution < -0.4 is 4.90 Å². The number of aromatic nitrogens is 1. The summed E-state index contributed by atoms with van der Waals surface area (Å²) in [5.41, 5.74) is 2.04. The van der Waals surface area contributed by atoms with E-state index in [1.165, 1.54) is 12.8 Å². The van der Waals surface area contributed by atoms with Gasteiger partial charge in [-0.1, -0.05) is 34.6 Å². The minimum Gasteiger partial charge on any atom is -0.392 e. The number of aliphatic hydroxyl groups is 1. The van der Waals surface area contributed by atoms with Gasteiger partial charge in [0, 0.05) is 23.7 Å². The van der Waals surface area contributed by atoms with Gasteiger partial charge in [-0.05, 0) is 36.5 Å². The third kappa shape index (κ3) is 3.72. The van der Waals surface area contributed by atoms with E-state index in [1.807, 2.05) is 6.07 Å². The molecule has 1 aromatic heterocycles. The lowest BCUT2D eigenvalue weighted by Gasteiger charge is -2.28. The quantitative estimate of drug-likeness (QED) is 0.894. The predicted octanol–water partition coefficient (Wildman–Crippen LogP) is 3.50. The van der Waals surface area contributed by atoms with Gasteiger partial charge in [-0.3, -0.25) is 0 Å². The van der Waals surface area contributed by atoms with Crippen LogP contribution in [-0.2, 0) is 12.0 Å². The Kier molecular flexibility index (Phi) is 4.38. The molecule has 1 saturated carbocycles. The fourth-order valence-electron chi connectivity index (χ4n) is 2.40. The minimum absolute atomic E-state index is 0.00693. The van der Waals surface area contributed by atoms with E-state index in [4.69, 9.17) is 4.98 Å². The van der Waals surface area contributed by atoms with Crippen LogP contribution in [0.3, 0.4) is 0 Å². The number of hydrogen-bond acceptors (Lipinski definition) is 3. The van der Waals surface area contributed by atoms with E-state index in [-0.39, 0.29) is 12.0 Å². The molecule has 0 atom stereocenters. The first-order valence-electron chi connectivity index (χ1n) is 7.70. The van der Waals surface area contributed by atoms with E-state index in [2.05, 4.69) is 45.6 Å². The summed E-state index contributed by atoms with van der Waals surface area (Å²) in [5, 5.41) is 9.52.